The summed E-state index contributed by atoms with van der Waals surface area (Å²) in [6.45, 7) is 4.19. The van der Waals surface area contributed by atoms with Crippen molar-refractivity contribution in [3.8, 4) is 0 Å². The first-order chi connectivity index (χ1) is 9.31. The molecule has 0 bridgehead atoms. The van der Waals surface area contributed by atoms with E-state index in [0.29, 0.717) is 6.04 Å². The summed E-state index contributed by atoms with van der Waals surface area (Å²) in [4.78, 5) is 2.73. The zero-order valence-corrected chi connectivity index (χ0v) is 12.0. The van der Waals surface area contributed by atoms with Gasteiger partial charge in [-0.3, -0.25) is 4.90 Å². The van der Waals surface area contributed by atoms with Crippen LogP contribution < -0.4 is 5.73 Å². The van der Waals surface area contributed by atoms with Gasteiger partial charge >= 0.3 is 0 Å². The number of fused-ring (bicyclic) bond motifs is 1. The minimum atomic E-state index is 0.423. The van der Waals surface area contributed by atoms with Gasteiger partial charge in [0.05, 0.1) is 0 Å². The van der Waals surface area contributed by atoms with Gasteiger partial charge in [-0.05, 0) is 56.2 Å². The molecule has 2 fully saturated rings. The van der Waals surface area contributed by atoms with Crippen LogP contribution in [0.4, 0.5) is 0 Å². The Morgan fingerprint density at radius 3 is 2.79 bits per heavy atom. The lowest BCUT2D eigenvalue weighted by Crippen LogP contribution is -2.46. The Bertz CT molecular complexity index is 429. The van der Waals surface area contributed by atoms with E-state index >= 15 is 0 Å². The van der Waals surface area contributed by atoms with Crippen molar-refractivity contribution in [1.82, 2.24) is 4.90 Å². The highest BCUT2D eigenvalue weighted by atomic mass is 15.2. The van der Waals surface area contributed by atoms with E-state index in [1.54, 1.807) is 0 Å². The van der Waals surface area contributed by atoms with Crippen LogP contribution in [0.1, 0.15) is 49.3 Å². The van der Waals surface area contributed by atoms with Crippen molar-refractivity contribution >= 4 is 0 Å². The molecule has 2 aliphatic rings. The zero-order valence-electron chi connectivity index (χ0n) is 12.0. The molecular formula is C17H26N2. The number of piperidine rings is 1. The fourth-order valence-corrected chi connectivity index (χ4v) is 4.28. The van der Waals surface area contributed by atoms with Crippen LogP contribution >= 0.6 is 0 Å². The van der Waals surface area contributed by atoms with E-state index in [-0.39, 0.29) is 0 Å². The fourth-order valence-electron chi connectivity index (χ4n) is 4.28. The fraction of sp³-hybridized carbons (Fsp3) is 0.647. The van der Waals surface area contributed by atoms with Crippen LogP contribution in [0.2, 0.25) is 0 Å². The molecule has 3 rings (SSSR count). The summed E-state index contributed by atoms with van der Waals surface area (Å²) in [5, 5.41) is 0. The monoisotopic (exact) mass is 258 g/mol. The average molecular weight is 258 g/mol. The van der Waals surface area contributed by atoms with E-state index in [9.17, 15) is 0 Å². The van der Waals surface area contributed by atoms with Crippen LogP contribution in [0.5, 0.6) is 0 Å². The van der Waals surface area contributed by atoms with Gasteiger partial charge in [0.25, 0.3) is 0 Å². The second kappa shape index (κ2) is 5.64. The molecule has 0 radical (unpaired) electrons. The van der Waals surface area contributed by atoms with Gasteiger partial charge in [0.2, 0.25) is 0 Å². The number of benzene rings is 1. The van der Waals surface area contributed by atoms with Crippen molar-refractivity contribution in [3.05, 3.63) is 35.4 Å². The minimum Gasteiger partial charge on any atom is -0.329 e. The maximum Gasteiger partial charge on any atom is 0.0476 e. The van der Waals surface area contributed by atoms with Crippen LogP contribution in [0.25, 0.3) is 0 Å². The Hall–Kier alpha value is -0.860. The predicted molar refractivity (Wildman–Crippen MR) is 80.0 cm³/mol. The van der Waals surface area contributed by atoms with Gasteiger partial charge in [-0.15, -0.1) is 0 Å². The summed E-state index contributed by atoms with van der Waals surface area (Å²) in [6.07, 6.45) is 7.02. The molecule has 3 unspecified atom stereocenters. The number of nitrogens with zero attached hydrogens (tertiary/aromatic N) is 1. The van der Waals surface area contributed by atoms with Crippen molar-refractivity contribution in [2.45, 2.75) is 51.1 Å². The second-order valence-electron chi connectivity index (χ2n) is 6.25. The molecule has 1 aromatic rings. The summed E-state index contributed by atoms with van der Waals surface area (Å²) in [6, 6.07) is 9.98. The molecule has 2 nitrogen and oxygen atoms in total. The van der Waals surface area contributed by atoms with E-state index in [0.717, 1.165) is 18.5 Å². The smallest absolute Gasteiger partial charge is 0.0476 e. The summed E-state index contributed by atoms with van der Waals surface area (Å²) in [5.74, 6) is 0.937. The second-order valence-corrected chi connectivity index (χ2v) is 6.25. The third-order valence-corrected chi connectivity index (χ3v) is 5.21. The van der Waals surface area contributed by atoms with Gasteiger partial charge in [-0.2, -0.15) is 0 Å². The molecule has 0 aromatic heterocycles. The minimum absolute atomic E-state index is 0.423. The molecule has 1 aromatic carbocycles. The number of likely N-dealkylation sites (tertiary alicyclic amines) is 1. The van der Waals surface area contributed by atoms with Crippen LogP contribution in [0.3, 0.4) is 0 Å². The van der Waals surface area contributed by atoms with Crippen molar-refractivity contribution in [3.63, 3.8) is 0 Å². The average Bonchev–Trinajstić information content (AvgIpc) is 2.91. The number of aryl methyl sites for hydroxylation is 1. The van der Waals surface area contributed by atoms with Gasteiger partial charge in [0.1, 0.15) is 0 Å². The lowest BCUT2D eigenvalue weighted by atomic mass is 9.88. The summed E-state index contributed by atoms with van der Waals surface area (Å²) in [7, 11) is 0. The summed E-state index contributed by atoms with van der Waals surface area (Å²) < 4.78 is 0. The molecule has 3 atom stereocenters. The lowest BCUT2D eigenvalue weighted by Gasteiger charge is -2.43. The van der Waals surface area contributed by atoms with E-state index < -0.39 is 0 Å². The van der Waals surface area contributed by atoms with Crippen molar-refractivity contribution < 1.29 is 0 Å². The van der Waals surface area contributed by atoms with E-state index in [2.05, 4.69) is 36.1 Å². The normalized spacial score (nSPS) is 29.2. The topological polar surface area (TPSA) is 29.3 Å². The standard InChI is InChI=1S/C17H26N2/c1-13-6-2-3-9-15(13)17(12-18)19-11-5-8-14-7-4-10-16(14)19/h2-3,6,9,14,16-17H,4-5,7-8,10-12,18H2,1H3. The predicted octanol–water partition coefficient (Wildman–Crippen LogP) is 3.26. The summed E-state index contributed by atoms with van der Waals surface area (Å²) >= 11 is 0. The molecule has 2 N–H and O–H groups in total. The largest absolute Gasteiger partial charge is 0.329 e. The summed E-state index contributed by atoms with van der Waals surface area (Å²) in [5.41, 5.74) is 8.97. The number of rotatable bonds is 3. The Kier molecular flexibility index (Phi) is 3.90. The Morgan fingerprint density at radius 1 is 1.21 bits per heavy atom. The van der Waals surface area contributed by atoms with Gasteiger partial charge in [-0.25, -0.2) is 0 Å². The maximum atomic E-state index is 6.15. The molecule has 1 aliphatic heterocycles. The number of hydrogen-bond acceptors (Lipinski definition) is 2. The van der Waals surface area contributed by atoms with Crippen LogP contribution in [0, 0.1) is 12.8 Å². The Balaban J connectivity index is 1.87. The number of nitrogens with two attached hydrogens (primary N) is 1. The van der Waals surface area contributed by atoms with Crippen LogP contribution in [0.15, 0.2) is 24.3 Å². The molecule has 104 valence electrons. The van der Waals surface area contributed by atoms with Gasteiger partial charge in [-0.1, -0.05) is 30.7 Å². The first kappa shape index (κ1) is 13.1. The highest BCUT2D eigenvalue weighted by molar-refractivity contribution is 5.29. The van der Waals surface area contributed by atoms with E-state index in [1.807, 2.05) is 0 Å². The van der Waals surface area contributed by atoms with Gasteiger partial charge in [0.15, 0.2) is 0 Å². The van der Waals surface area contributed by atoms with Crippen molar-refractivity contribution in [2.24, 2.45) is 11.7 Å². The molecule has 1 saturated heterocycles. The molecule has 1 aliphatic carbocycles. The van der Waals surface area contributed by atoms with Gasteiger partial charge in [0, 0.05) is 18.6 Å². The Labute approximate surface area is 117 Å². The molecule has 2 heteroatoms. The highest BCUT2D eigenvalue weighted by Gasteiger charge is 2.38. The SMILES string of the molecule is Cc1ccccc1C(CN)N1CCCC2CCCC21. The van der Waals surface area contributed by atoms with Gasteiger partial charge < -0.3 is 5.73 Å². The third-order valence-electron chi connectivity index (χ3n) is 5.21. The molecule has 0 amide bonds. The molecule has 1 heterocycles. The maximum absolute atomic E-state index is 6.15. The molecule has 0 spiro atoms. The third kappa shape index (κ3) is 2.44. The molecular weight excluding hydrogens is 232 g/mol. The Morgan fingerprint density at radius 2 is 2.00 bits per heavy atom. The van der Waals surface area contributed by atoms with E-state index in [4.69, 9.17) is 5.73 Å². The zero-order chi connectivity index (χ0) is 13.2. The van der Waals surface area contributed by atoms with Crippen LogP contribution in [-0.4, -0.2) is 24.0 Å². The first-order valence-corrected chi connectivity index (χ1v) is 7.82. The quantitative estimate of drug-likeness (QED) is 0.901. The van der Waals surface area contributed by atoms with Crippen LogP contribution in [-0.2, 0) is 0 Å². The lowest BCUT2D eigenvalue weighted by molar-refractivity contribution is 0.0699. The van der Waals surface area contributed by atoms with Crippen molar-refractivity contribution in [2.75, 3.05) is 13.1 Å². The first-order valence-electron chi connectivity index (χ1n) is 7.82. The number of hydrogen-bond donors (Lipinski definition) is 1. The molecule has 19 heavy (non-hydrogen) atoms. The highest BCUT2D eigenvalue weighted by Crippen LogP contribution is 2.40. The molecule has 1 saturated carbocycles. The van der Waals surface area contributed by atoms with E-state index in [1.165, 1.54) is 49.8 Å². The van der Waals surface area contributed by atoms with Crippen molar-refractivity contribution in [1.29, 1.82) is 0 Å².